The summed E-state index contributed by atoms with van der Waals surface area (Å²) in [5.74, 6) is 0.166. The van der Waals surface area contributed by atoms with Crippen molar-refractivity contribution in [2.45, 2.75) is 55.5 Å². The number of nitrogens with one attached hydrogen (secondary N) is 2. The Morgan fingerprint density at radius 3 is 2.88 bits per heavy atom. The van der Waals surface area contributed by atoms with E-state index in [9.17, 15) is 9.59 Å². The second-order valence-electron chi connectivity index (χ2n) is 8.83. The van der Waals surface area contributed by atoms with E-state index in [1.807, 2.05) is 31.3 Å². The third-order valence-corrected chi connectivity index (χ3v) is 8.73. The Bertz CT molecular complexity index is 1430. The van der Waals surface area contributed by atoms with E-state index < -0.39 is 11.2 Å². The number of amides is 2. The molecule has 0 saturated heterocycles. The lowest BCUT2D eigenvalue weighted by Gasteiger charge is -2.13. The monoisotopic (exact) mass is 492 g/mol. The molecule has 0 aliphatic heterocycles. The van der Waals surface area contributed by atoms with Gasteiger partial charge in [0.25, 0.3) is 5.91 Å². The van der Waals surface area contributed by atoms with Crippen molar-refractivity contribution in [3.05, 3.63) is 46.5 Å². The average molecular weight is 493 g/mol. The number of hydrogen-bond acceptors (Lipinski definition) is 6. The summed E-state index contributed by atoms with van der Waals surface area (Å²) in [5.41, 5.74) is 9.19. The summed E-state index contributed by atoms with van der Waals surface area (Å²) in [6.45, 7) is 1.85. The van der Waals surface area contributed by atoms with E-state index in [0.717, 1.165) is 70.0 Å². The molecule has 1 aromatic carbocycles. The van der Waals surface area contributed by atoms with Gasteiger partial charge in [0.2, 0.25) is 5.91 Å². The zero-order valence-corrected chi connectivity index (χ0v) is 20.3. The first-order valence-electron chi connectivity index (χ1n) is 11.4. The number of anilines is 1. The molecule has 3 aromatic heterocycles. The summed E-state index contributed by atoms with van der Waals surface area (Å²) in [4.78, 5) is 29.6. The number of H-pyrrole nitrogens is 1. The lowest BCUT2D eigenvalue weighted by molar-refractivity contribution is -0.115. The molecule has 3 heterocycles. The lowest BCUT2D eigenvalue weighted by Crippen LogP contribution is -2.24. The summed E-state index contributed by atoms with van der Waals surface area (Å²) in [5, 5.41) is 13.9. The van der Waals surface area contributed by atoms with E-state index in [4.69, 9.17) is 5.73 Å². The van der Waals surface area contributed by atoms with E-state index in [1.54, 1.807) is 0 Å². The Morgan fingerprint density at radius 2 is 2.09 bits per heavy atom. The van der Waals surface area contributed by atoms with Crippen molar-refractivity contribution in [1.29, 1.82) is 0 Å². The Kier molecular flexibility index (Phi) is 5.22. The van der Waals surface area contributed by atoms with Gasteiger partial charge in [-0.25, -0.2) is 0 Å². The van der Waals surface area contributed by atoms with Crippen molar-refractivity contribution >= 4 is 50.8 Å². The summed E-state index contributed by atoms with van der Waals surface area (Å²) in [6, 6.07) is 8.48. The maximum atomic E-state index is 13.1. The number of aromatic amines is 1. The van der Waals surface area contributed by atoms with Crippen LogP contribution in [0.15, 0.2) is 35.6 Å². The third kappa shape index (κ3) is 3.61. The number of para-hydroxylation sites is 1. The average Bonchev–Trinajstić information content (AvgIpc) is 3.15. The third-order valence-electron chi connectivity index (χ3n) is 6.46. The van der Waals surface area contributed by atoms with Gasteiger partial charge >= 0.3 is 0 Å². The van der Waals surface area contributed by atoms with Crippen molar-refractivity contribution in [3.8, 4) is 11.4 Å². The smallest absolute Gasteiger partial charge is 0.251 e. The van der Waals surface area contributed by atoms with Crippen molar-refractivity contribution in [2.24, 2.45) is 5.73 Å². The van der Waals surface area contributed by atoms with Crippen LogP contribution in [0.25, 0.3) is 22.3 Å². The van der Waals surface area contributed by atoms with Crippen molar-refractivity contribution in [3.63, 3.8) is 0 Å². The molecule has 174 valence electrons. The molecule has 34 heavy (non-hydrogen) atoms. The maximum absolute atomic E-state index is 13.1. The van der Waals surface area contributed by atoms with Crippen LogP contribution in [0, 0.1) is 0 Å². The van der Waals surface area contributed by atoms with Crippen LogP contribution in [0.3, 0.4) is 0 Å². The first kappa shape index (κ1) is 21.4. The van der Waals surface area contributed by atoms with Crippen LogP contribution >= 0.6 is 23.1 Å². The number of nitrogens with zero attached hydrogens (tertiary/aromatic N) is 3. The molecular weight excluding hydrogens is 468 g/mol. The first-order valence-corrected chi connectivity index (χ1v) is 13.1. The Balaban J connectivity index is 1.26. The molecule has 1 unspecified atom stereocenters. The number of hydrogen-bond donors (Lipinski definition) is 3. The Morgan fingerprint density at radius 1 is 1.26 bits per heavy atom. The minimum atomic E-state index is -0.480. The number of thioether (sulfide) groups is 1. The summed E-state index contributed by atoms with van der Waals surface area (Å²) in [7, 11) is 0. The van der Waals surface area contributed by atoms with E-state index in [0.29, 0.717) is 16.6 Å². The molecule has 1 atom stereocenters. The predicted molar refractivity (Wildman–Crippen MR) is 134 cm³/mol. The molecule has 0 bridgehead atoms. The van der Waals surface area contributed by atoms with Crippen LogP contribution in [0.5, 0.6) is 0 Å². The van der Waals surface area contributed by atoms with Crippen molar-refractivity contribution in [2.75, 3.05) is 5.32 Å². The van der Waals surface area contributed by atoms with Crippen molar-refractivity contribution < 1.29 is 9.59 Å². The van der Waals surface area contributed by atoms with Crippen LogP contribution < -0.4 is 11.1 Å². The van der Waals surface area contributed by atoms with Gasteiger partial charge in [-0.1, -0.05) is 30.0 Å². The standard InChI is InChI=1S/C24H24N6O2S2/c1-12(22(32)27-23-19(20(25)31)15-6-4-8-18(15)34-23)33-24-29-28-21(30(24)13-9-10-13)16-11-26-17-7-3-2-5-14(16)17/h2-3,5,7,11-13,26H,4,6,8-10H2,1H3,(H2,25,31)(H,27,32). The summed E-state index contributed by atoms with van der Waals surface area (Å²) >= 11 is 2.86. The van der Waals surface area contributed by atoms with Gasteiger partial charge in [0.05, 0.1) is 10.8 Å². The number of aromatic nitrogens is 4. The zero-order chi connectivity index (χ0) is 23.4. The lowest BCUT2D eigenvalue weighted by atomic mass is 10.1. The molecule has 8 nitrogen and oxygen atoms in total. The molecular formula is C24H24N6O2S2. The fourth-order valence-corrected chi connectivity index (χ4v) is 6.85. The molecule has 10 heteroatoms. The van der Waals surface area contributed by atoms with Crippen LogP contribution in [0.2, 0.25) is 0 Å². The van der Waals surface area contributed by atoms with Gasteiger partial charge in [-0.15, -0.1) is 21.5 Å². The highest BCUT2D eigenvalue weighted by atomic mass is 32.2. The van der Waals surface area contributed by atoms with Gasteiger partial charge in [0.15, 0.2) is 11.0 Å². The number of primary amides is 1. The number of aryl methyl sites for hydroxylation is 1. The van der Waals surface area contributed by atoms with Gasteiger partial charge in [-0.3, -0.25) is 14.2 Å². The molecule has 1 fully saturated rings. The number of carbonyl (C=O) groups excluding carboxylic acids is 2. The highest BCUT2D eigenvalue weighted by Crippen LogP contribution is 2.43. The highest BCUT2D eigenvalue weighted by Gasteiger charge is 2.33. The van der Waals surface area contributed by atoms with Gasteiger partial charge in [0, 0.05) is 33.6 Å². The summed E-state index contributed by atoms with van der Waals surface area (Å²) < 4.78 is 2.17. The quantitative estimate of drug-likeness (QED) is 0.328. The minimum absolute atomic E-state index is 0.175. The van der Waals surface area contributed by atoms with E-state index >= 15 is 0 Å². The molecule has 4 N–H and O–H groups in total. The number of benzene rings is 1. The van der Waals surface area contributed by atoms with Gasteiger partial charge in [-0.05, 0) is 50.7 Å². The van der Waals surface area contributed by atoms with Gasteiger partial charge < -0.3 is 16.0 Å². The Hall–Kier alpha value is -3.11. The number of nitrogens with two attached hydrogens (primary N) is 1. The van der Waals surface area contributed by atoms with Gasteiger partial charge in [-0.2, -0.15) is 0 Å². The second-order valence-corrected chi connectivity index (χ2v) is 11.2. The topological polar surface area (TPSA) is 119 Å². The number of thiophene rings is 1. The normalized spacial score (nSPS) is 16.0. The molecule has 2 amide bonds. The zero-order valence-electron chi connectivity index (χ0n) is 18.6. The summed E-state index contributed by atoms with van der Waals surface area (Å²) in [6.07, 6.45) is 6.92. The fourth-order valence-electron chi connectivity index (χ4n) is 4.64. The van der Waals surface area contributed by atoms with Crippen LogP contribution in [-0.2, 0) is 17.6 Å². The van der Waals surface area contributed by atoms with E-state index in [-0.39, 0.29) is 5.91 Å². The van der Waals surface area contributed by atoms with Crippen molar-refractivity contribution in [1.82, 2.24) is 19.7 Å². The predicted octanol–water partition coefficient (Wildman–Crippen LogP) is 4.53. The molecule has 2 aliphatic carbocycles. The van der Waals surface area contributed by atoms with Gasteiger partial charge in [0.1, 0.15) is 5.00 Å². The Labute approximate surface area is 204 Å². The molecule has 6 rings (SSSR count). The van der Waals surface area contributed by atoms with E-state index in [2.05, 4.69) is 31.1 Å². The molecule has 4 aromatic rings. The molecule has 1 saturated carbocycles. The number of carbonyl (C=O) groups is 2. The number of fused-ring (bicyclic) bond motifs is 2. The highest BCUT2D eigenvalue weighted by molar-refractivity contribution is 8.00. The maximum Gasteiger partial charge on any atom is 0.251 e. The molecule has 2 aliphatic rings. The fraction of sp³-hybridized carbons (Fsp3) is 0.333. The minimum Gasteiger partial charge on any atom is -0.365 e. The largest absolute Gasteiger partial charge is 0.365 e. The van der Waals surface area contributed by atoms with Crippen LogP contribution in [-0.4, -0.2) is 36.8 Å². The van der Waals surface area contributed by atoms with E-state index in [1.165, 1.54) is 23.1 Å². The first-order chi connectivity index (χ1) is 16.5. The second kappa shape index (κ2) is 8.28. The van der Waals surface area contributed by atoms with Crippen LogP contribution in [0.1, 0.15) is 53.0 Å². The SMILES string of the molecule is CC(Sc1nnc(-c2c[nH]c3ccccc23)n1C1CC1)C(=O)Nc1sc2c(c1C(N)=O)CCC2. The number of rotatable bonds is 7. The molecule has 0 radical (unpaired) electrons. The van der Waals surface area contributed by atoms with Crippen LogP contribution in [0.4, 0.5) is 5.00 Å². The molecule has 0 spiro atoms.